The summed E-state index contributed by atoms with van der Waals surface area (Å²) in [7, 11) is 0. The highest BCUT2D eigenvalue weighted by Gasteiger charge is 2.31. The summed E-state index contributed by atoms with van der Waals surface area (Å²) in [5.74, 6) is 0.0650. The van der Waals surface area contributed by atoms with Gasteiger partial charge in [0.25, 0.3) is 0 Å². The molecular formula is C15H19Cl2NO. The zero-order chi connectivity index (χ0) is 14.0. The van der Waals surface area contributed by atoms with Crippen LogP contribution in [0.25, 0.3) is 0 Å². The summed E-state index contributed by atoms with van der Waals surface area (Å²) in [6.07, 6.45) is 2.89. The summed E-state index contributed by atoms with van der Waals surface area (Å²) in [5, 5.41) is 0.809. The van der Waals surface area contributed by atoms with Crippen LogP contribution < -0.4 is 0 Å². The fourth-order valence-corrected chi connectivity index (χ4v) is 3.07. The molecule has 104 valence electrons. The Morgan fingerprint density at radius 1 is 1.37 bits per heavy atom. The molecule has 0 unspecified atom stereocenters. The van der Waals surface area contributed by atoms with Crippen molar-refractivity contribution in [2.45, 2.75) is 38.6 Å². The lowest BCUT2D eigenvalue weighted by Gasteiger charge is -2.31. The number of carbonyl (C=O) groups excluding carboxylic acids is 1. The van der Waals surface area contributed by atoms with Crippen LogP contribution in [0.2, 0.25) is 10.0 Å². The first kappa shape index (κ1) is 14.8. The van der Waals surface area contributed by atoms with Crippen LogP contribution in [-0.2, 0) is 0 Å². The van der Waals surface area contributed by atoms with Gasteiger partial charge < -0.3 is 0 Å². The van der Waals surface area contributed by atoms with Gasteiger partial charge in [-0.3, -0.25) is 9.69 Å². The molecule has 1 saturated heterocycles. The summed E-state index contributed by atoms with van der Waals surface area (Å²) in [5.41, 5.74) is 0.740. The summed E-state index contributed by atoms with van der Waals surface area (Å²) < 4.78 is 0. The van der Waals surface area contributed by atoms with Gasteiger partial charge in [-0.2, -0.15) is 0 Å². The number of rotatable bonds is 4. The van der Waals surface area contributed by atoms with E-state index >= 15 is 0 Å². The highest BCUT2D eigenvalue weighted by Crippen LogP contribution is 2.29. The number of hydrogen-bond acceptors (Lipinski definition) is 2. The number of Topliss-reactive ketones (excluding diaryl/α,β-unsaturated/α-hetero) is 1. The van der Waals surface area contributed by atoms with Crippen molar-refractivity contribution in [1.29, 1.82) is 0 Å². The second kappa shape index (κ2) is 5.82. The van der Waals surface area contributed by atoms with E-state index in [1.807, 2.05) is 0 Å². The summed E-state index contributed by atoms with van der Waals surface area (Å²) in [4.78, 5) is 14.6. The third-order valence-electron chi connectivity index (χ3n) is 3.93. The molecule has 1 aromatic rings. The summed E-state index contributed by atoms with van der Waals surface area (Å²) in [6.45, 7) is 6.33. The predicted octanol–water partition coefficient (Wildman–Crippen LogP) is 4.44. The van der Waals surface area contributed by atoms with Crippen LogP contribution >= 0.6 is 23.2 Å². The average molecular weight is 300 g/mol. The van der Waals surface area contributed by atoms with E-state index in [2.05, 4.69) is 18.7 Å². The van der Waals surface area contributed by atoms with E-state index < -0.39 is 0 Å². The second-order valence-corrected chi connectivity index (χ2v) is 6.46. The van der Waals surface area contributed by atoms with E-state index in [4.69, 9.17) is 23.2 Å². The maximum atomic E-state index is 12.2. The predicted molar refractivity (Wildman–Crippen MR) is 80.3 cm³/mol. The molecule has 1 fully saturated rings. The standard InChI is InChI=1S/C15H19Cl2NO/c1-15(2)8-4-9-18(15)10-7-13(19)11-5-3-6-12(16)14(11)17/h3,5-6H,4,7-10H2,1-2H3. The summed E-state index contributed by atoms with van der Waals surface area (Å²) in [6, 6.07) is 5.21. The van der Waals surface area contributed by atoms with E-state index in [1.165, 1.54) is 12.8 Å². The van der Waals surface area contributed by atoms with Gasteiger partial charge in [-0.1, -0.05) is 29.3 Å². The Morgan fingerprint density at radius 2 is 2.11 bits per heavy atom. The number of benzene rings is 1. The van der Waals surface area contributed by atoms with E-state index in [0.29, 0.717) is 22.0 Å². The molecule has 0 atom stereocenters. The lowest BCUT2D eigenvalue weighted by molar-refractivity contribution is 0.0942. The minimum Gasteiger partial charge on any atom is -0.298 e. The van der Waals surface area contributed by atoms with Crippen LogP contribution in [0, 0.1) is 0 Å². The topological polar surface area (TPSA) is 20.3 Å². The lowest BCUT2D eigenvalue weighted by atomic mass is 10.0. The van der Waals surface area contributed by atoms with Crippen molar-refractivity contribution in [3.8, 4) is 0 Å². The van der Waals surface area contributed by atoms with Crippen molar-refractivity contribution in [2.75, 3.05) is 13.1 Å². The normalized spacial score (nSPS) is 18.7. The fourth-order valence-electron chi connectivity index (χ4n) is 2.67. The monoisotopic (exact) mass is 299 g/mol. The molecule has 0 spiro atoms. The molecule has 0 aliphatic carbocycles. The van der Waals surface area contributed by atoms with Crippen molar-refractivity contribution in [3.05, 3.63) is 33.8 Å². The first-order valence-electron chi connectivity index (χ1n) is 6.64. The zero-order valence-electron chi connectivity index (χ0n) is 11.4. The minimum absolute atomic E-state index is 0.0650. The molecule has 0 saturated carbocycles. The molecule has 0 bridgehead atoms. The first-order valence-corrected chi connectivity index (χ1v) is 7.40. The molecule has 19 heavy (non-hydrogen) atoms. The van der Waals surface area contributed by atoms with Gasteiger partial charge >= 0.3 is 0 Å². The van der Waals surface area contributed by atoms with E-state index in [-0.39, 0.29) is 11.3 Å². The maximum absolute atomic E-state index is 12.2. The van der Waals surface area contributed by atoms with Crippen molar-refractivity contribution in [2.24, 2.45) is 0 Å². The number of hydrogen-bond donors (Lipinski definition) is 0. The Bertz CT molecular complexity index is 485. The lowest BCUT2D eigenvalue weighted by Crippen LogP contribution is -2.39. The van der Waals surface area contributed by atoms with Crippen molar-refractivity contribution >= 4 is 29.0 Å². The van der Waals surface area contributed by atoms with Crippen LogP contribution in [0.15, 0.2) is 18.2 Å². The minimum atomic E-state index is 0.0650. The SMILES string of the molecule is CC1(C)CCCN1CCC(=O)c1cccc(Cl)c1Cl. The number of nitrogens with zero attached hydrogens (tertiary/aromatic N) is 1. The number of carbonyl (C=O) groups is 1. The van der Waals surface area contributed by atoms with E-state index in [1.54, 1.807) is 18.2 Å². The van der Waals surface area contributed by atoms with E-state index in [0.717, 1.165) is 13.1 Å². The van der Waals surface area contributed by atoms with Crippen molar-refractivity contribution in [3.63, 3.8) is 0 Å². The van der Waals surface area contributed by atoms with Gasteiger partial charge in [0.15, 0.2) is 5.78 Å². The number of halogens is 2. The zero-order valence-corrected chi connectivity index (χ0v) is 12.9. The van der Waals surface area contributed by atoms with Crippen LogP contribution in [-0.4, -0.2) is 29.3 Å². The Labute approximate surface area is 124 Å². The van der Waals surface area contributed by atoms with Crippen LogP contribution in [0.1, 0.15) is 43.5 Å². The third-order valence-corrected chi connectivity index (χ3v) is 4.75. The molecule has 1 aliphatic heterocycles. The fraction of sp³-hybridized carbons (Fsp3) is 0.533. The molecule has 0 aromatic heterocycles. The second-order valence-electron chi connectivity index (χ2n) is 5.68. The van der Waals surface area contributed by atoms with E-state index in [9.17, 15) is 4.79 Å². The summed E-state index contributed by atoms with van der Waals surface area (Å²) >= 11 is 12.0. The first-order chi connectivity index (χ1) is 8.92. The Kier molecular flexibility index (Phi) is 4.54. The molecular weight excluding hydrogens is 281 g/mol. The Hall–Kier alpha value is -0.570. The molecule has 4 heteroatoms. The van der Waals surface area contributed by atoms with Gasteiger partial charge in [0.1, 0.15) is 0 Å². The molecule has 2 rings (SSSR count). The Morgan fingerprint density at radius 3 is 2.74 bits per heavy atom. The van der Waals surface area contributed by atoms with Gasteiger partial charge in [0, 0.05) is 24.1 Å². The molecule has 0 amide bonds. The molecule has 1 aromatic carbocycles. The van der Waals surface area contributed by atoms with Gasteiger partial charge in [0.05, 0.1) is 10.0 Å². The highest BCUT2D eigenvalue weighted by molar-refractivity contribution is 6.43. The van der Waals surface area contributed by atoms with Crippen LogP contribution in [0.3, 0.4) is 0 Å². The average Bonchev–Trinajstić information content (AvgIpc) is 2.69. The van der Waals surface area contributed by atoms with Gasteiger partial charge in [-0.15, -0.1) is 0 Å². The number of ketones is 1. The largest absolute Gasteiger partial charge is 0.298 e. The smallest absolute Gasteiger partial charge is 0.165 e. The number of likely N-dealkylation sites (tertiary alicyclic amines) is 1. The maximum Gasteiger partial charge on any atom is 0.165 e. The molecule has 2 nitrogen and oxygen atoms in total. The molecule has 0 radical (unpaired) electrons. The molecule has 0 N–H and O–H groups in total. The van der Waals surface area contributed by atoms with Gasteiger partial charge in [-0.25, -0.2) is 0 Å². The third kappa shape index (κ3) is 3.31. The van der Waals surface area contributed by atoms with Gasteiger partial charge in [-0.05, 0) is 45.4 Å². The molecule has 1 heterocycles. The molecule has 1 aliphatic rings. The quantitative estimate of drug-likeness (QED) is 0.766. The van der Waals surface area contributed by atoms with Crippen LogP contribution in [0.4, 0.5) is 0 Å². The van der Waals surface area contributed by atoms with Crippen molar-refractivity contribution in [1.82, 2.24) is 4.90 Å². The van der Waals surface area contributed by atoms with Crippen molar-refractivity contribution < 1.29 is 4.79 Å². The van der Waals surface area contributed by atoms with Gasteiger partial charge in [0.2, 0.25) is 0 Å². The highest BCUT2D eigenvalue weighted by atomic mass is 35.5. The van der Waals surface area contributed by atoms with Crippen LogP contribution in [0.5, 0.6) is 0 Å². The Balaban J connectivity index is 2.00.